The van der Waals surface area contributed by atoms with Crippen LogP contribution in [0.1, 0.15) is 5.56 Å². The van der Waals surface area contributed by atoms with Gasteiger partial charge in [-0.1, -0.05) is 28.1 Å². The highest BCUT2D eigenvalue weighted by Gasteiger charge is 2.05. The van der Waals surface area contributed by atoms with E-state index in [-0.39, 0.29) is 0 Å². The molecule has 0 aliphatic rings. The van der Waals surface area contributed by atoms with Gasteiger partial charge in [0.25, 0.3) is 0 Å². The van der Waals surface area contributed by atoms with Crippen LogP contribution in [0.25, 0.3) is 0 Å². The van der Waals surface area contributed by atoms with E-state index in [1.54, 1.807) is 7.11 Å². The Kier molecular flexibility index (Phi) is 4.96. The molecule has 0 unspecified atom stereocenters. The number of nitrogens with one attached hydrogen (secondary N) is 2. The van der Waals surface area contributed by atoms with Crippen molar-refractivity contribution in [3.8, 4) is 5.75 Å². The van der Waals surface area contributed by atoms with Crippen molar-refractivity contribution in [2.75, 3.05) is 17.7 Å². The Balaban J connectivity index is 1.81. The molecule has 2 aromatic carbocycles. The van der Waals surface area contributed by atoms with E-state index in [4.69, 9.17) is 4.74 Å². The smallest absolute Gasteiger partial charge is 0.142 e. The van der Waals surface area contributed by atoms with Crippen molar-refractivity contribution in [1.29, 1.82) is 0 Å². The Hall–Kier alpha value is -2.60. The zero-order valence-electron chi connectivity index (χ0n) is 13.4. The first-order valence-electron chi connectivity index (χ1n) is 7.41. The highest BCUT2D eigenvalue weighted by atomic mass is 79.9. The Morgan fingerprint density at radius 3 is 2.33 bits per heavy atom. The SMILES string of the molecule is COc1ccccc1Nc1cc(Nc2ccc(Br)cc2C)ncn1. The topological polar surface area (TPSA) is 59.1 Å². The number of anilines is 4. The van der Waals surface area contributed by atoms with Gasteiger partial charge in [-0.2, -0.15) is 0 Å². The number of aromatic nitrogens is 2. The molecule has 1 heterocycles. The van der Waals surface area contributed by atoms with Crippen molar-refractivity contribution in [3.05, 3.63) is 64.9 Å². The predicted octanol–water partition coefficient (Wildman–Crippen LogP) is 5.04. The molecule has 2 N–H and O–H groups in total. The van der Waals surface area contributed by atoms with Crippen LogP contribution in [-0.4, -0.2) is 17.1 Å². The van der Waals surface area contributed by atoms with Gasteiger partial charge in [0.2, 0.25) is 0 Å². The van der Waals surface area contributed by atoms with Gasteiger partial charge < -0.3 is 15.4 Å². The highest BCUT2D eigenvalue weighted by molar-refractivity contribution is 9.10. The molecular formula is C18H17BrN4O. The molecule has 0 saturated heterocycles. The maximum absolute atomic E-state index is 5.34. The number of benzene rings is 2. The van der Waals surface area contributed by atoms with Gasteiger partial charge in [0, 0.05) is 16.2 Å². The van der Waals surface area contributed by atoms with Crippen LogP contribution in [0.2, 0.25) is 0 Å². The van der Waals surface area contributed by atoms with Crippen LogP contribution in [-0.2, 0) is 0 Å². The lowest BCUT2D eigenvalue weighted by Gasteiger charge is -2.12. The van der Waals surface area contributed by atoms with Gasteiger partial charge in [-0.05, 0) is 42.8 Å². The van der Waals surface area contributed by atoms with Crippen molar-refractivity contribution >= 4 is 38.9 Å². The third kappa shape index (κ3) is 3.83. The van der Waals surface area contributed by atoms with E-state index in [1.165, 1.54) is 6.33 Å². The summed E-state index contributed by atoms with van der Waals surface area (Å²) in [5, 5.41) is 6.56. The van der Waals surface area contributed by atoms with Crippen LogP contribution in [0, 0.1) is 6.92 Å². The van der Waals surface area contributed by atoms with E-state index in [2.05, 4.69) is 42.6 Å². The number of para-hydroxylation sites is 2. The zero-order valence-corrected chi connectivity index (χ0v) is 15.0. The van der Waals surface area contributed by atoms with Gasteiger partial charge in [-0.3, -0.25) is 0 Å². The largest absolute Gasteiger partial charge is 0.495 e. The standard InChI is InChI=1S/C18H17BrN4O/c1-12-9-13(19)7-8-14(12)22-17-10-18(21-11-20-17)23-15-5-3-4-6-16(15)24-2/h3-11H,1-2H3,(H2,20,21,22,23). The summed E-state index contributed by atoms with van der Waals surface area (Å²) in [6, 6.07) is 15.6. The summed E-state index contributed by atoms with van der Waals surface area (Å²) in [5.74, 6) is 2.16. The quantitative estimate of drug-likeness (QED) is 0.644. The normalized spacial score (nSPS) is 10.3. The summed E-state index contributed by atoms with van der Waals surface area (Å²) in [4.78, 5) is 8.54. The summed E-state index contributed by atoms with van der Waals surface area (Å²) >= 11 is 3.47. The maximum Gasteiger partial charge on any atom is 0.142 e. The van der Waals surface area contributed by atoms with Gasteiger partial charge in [0.05, 0.1) is 12.8 Å². The number of hydrogen-bond acceptors (Lipinski definition) is 5. The van der Waals surface area contributed by atoms with E-state index in [9.17, 15) is 0 Å². The first-order valence-corrected chi connectivity index (χ1v) is 8.20. The minimum absolute atomic E-state index is 0.687. The first-order chi connectivity index (χ1) is 11.7. The molecule has 24 heavy (non-hydrogen) atoms. The zero-order chi connectivity index (χ0) is 16.9. The molecule has 122 valence electrons. The molecular weight excluding hydrogens is 368 g/mol. The molecule has 0 spiro atoms. The average molecular weight is 385 g/mol. The molecule has 6 heteroatoms. The van der Waals surface area contributed by atoms with Gasteiger partial charge in [-0.25, -0.2) is 9.97 Å². The van der Waals surface area contributed by atoms with E-state index in [1.807, 2.05) is 49.4 Å². The van der Waals surface area contributed by atoms with Crippen LogP contribution in [0.15, 0.2) is 59.3 Å². The molecule has 0 bridgehead atoms. The maximum atomic E-state index is 5.34. The lowest BCUT2D eigenvalue weighted by atomic mass is 10.2. The second-order valence-electron chi connectivity index (χ2n) is 5.20. The third-order valence-corrected chi connectivity index (χ3v) is 3.98. The number of hydrogen-bond donors (Lipinski definition) is 2. The lowest BCUT2D eigenvalue weighted by Crippen LogP contribution is -2.00. The summed E-state index contributed by atoms with van der Waals surface area (Å²) in [7, 11) is 1.64. The minimum atomic E-state index is 0.687. The van der Waals surface area contributed by atoms with E-state index >= 15 is 0 Å². The van der Waals surface area contributed by atoms with Gasteiger partial charge >= 0.3 is 0 Å². The fraction of sp³-hybridized carbons (Fsp3) is 0.111. The van der Waals surface area contributed by atoms with Crippen molar-refractivity contribution < 1.29 is 4.74 Å². The number of nitrogens with zero attached hydrogens (tertiary/aromatic N) is 2. The van der Waals surface area contributed by atoms with Crippen LogP contribution in [0.4, 0.5) is 23.0 Å². The molecule has 0 fully saturated rings. The van der Waals surface area contributed by atoms with Crippen LogP contribution >= 0.6 is 15.9 Å². The molecule has 5 nitrogen and oxygen atoms in total. The Morgan fingerprint density at radius 1 is 0.917 bits per heavy atom. The molecule has 0 aliphatic carbocycles. The van der Waals surface area contributed by atoms with E-state index in [0.29, 0.717) is 11.6 Å². The van der Waals surface area contributed by atoms with E-state index in [0.717, 1.165) is 27.2 Å². The molecule has 1 aromatic heterocycles. The number of methoxy groups -OCH3 is 1. The Bertz CT molecular complexity index is 854. The van der Waals surface area contributed by atoms with Gasteiger partial charge in [-0.15, -0.1) is 0 Å². The Morgan fingerprint density at radius 2 is 1.62 bits per heavy atom. The lowest BCUT2D eigenvalue weighted by molar-refractivity contribution is 0.417. The van der Waals surface area contributed by atoms with Crippen LogP contribution in [0.5, 0.6) is 5.75 Å². The van der Waals surface area contributed by atoms with E-state index < -0.39 is 0 Å². The fourth-order valence-electron chi connectivity index (χ4n) is 2.29. The van der Waals surface area contributed by atoms with Crippen molar-refractivity contribution in [3.63, 3.8) is 0 Å². The summed E-state index contributed by atoms with van der Waals surface area (Å²) < 4.78 is 6.39. The highest BCUT2D eigenvalue weighted by Crippen LogP contribution is 2.28. The van der Waals surface area contributed by atoms with Gasteiger partial charge in [0.1, 0.15) is 23.7 Å². The first kappa shape index (κ1) is 16.3. The summed E-state index contributed by atoms with van der Waals surface area (Å²) in [6.45, 7) is 2.04. The minimum Gasteiger partial charge on any atom is -0.495 e. The number of aryl methyl sites for hydroxylation is 1. The fourth-order valence-corrected chi connectivity index (χ4v) is 2.76. The van der Waals surface area contributed by atoms with Crippen molar-refractivity contribution in [2.24, 2.45) is 0 Å². The summed E-state index contributed by atoms with van der Waals surface area (Å²) in [6.07, 6.45) is 1.52. The molecule has 0 radical (unpaired) electrons. The third-order valence-electron chi connectivity index (χ3n) is 3.49. The molecule has 0 saturated carbocycles. The molecule has 3 aromatic rings. The molecule has 0 atom stereocenters. The summed E-state index contributed by atoms with van der Waals surface area (Å²) in [5.41, 5.74) is 2.98. The molecule has 3 rings (SSSR count). The molecule has 0 amide bonds. The number of rotatable bonds is 5. The average Bonchev–Trinajstić information content (AvgIpc) is 2.58. The number of halogens is 1. The second kappa shape index (κ2) is 7.31. The molecule has 0 aliphatic heterocycles. The van der Waals surface area contributed by atoms with Gasteiger partial charge in [0.15, 0.2) is 0 Å². The Labute approximate surface area is 149 Å². The number of ether oxygens (including phenoxy) is 1. The van der Waals surface area contributed by atoms with Crippen LogP contribution in [0.3, 0.4) is 0 Å². The van der Waals surface area contributed by atoms with Crippen molar-refractivity contribution in [1.82, 2.24) is 9.97 Å². The van der Waals surface area contributed by atoms with Crippen LogP contribution < -0.4 is 15.4 Å². The predicted molar refractivity (Wildman–Crippen MR) is 100 cm³/mol. The van der Waals surface area contributed by atoms with Crippen molar-refractivity contribution in [2.45, 2.75) is 6.92 Å². The monoisotopic (exact) mass is 384 g/mol. The second-order valence-corrected chi connectivity index (χ2v) is 6.11.